The lowest BCUT2D eigenvalue weighted by molar-refractivity contribution is 0.292. The number of fused-ring (bicyclic) bond motifs is 3. The minimum Gasteiger partial charge on any atom is -0.493 e. The summed E-state index contributed by atoms with van der Waals surface area (Å²) < 4.78 is 18.1. The Morgan fingerprint density at radius 3 is 2.52 bits per heavy atom. The van der Waals surface area contributed by atoms with Crippen molar-refractivity contribution in [2.75, 3.05) is 13.7 Å². The molecule has 1 heterocycles. The van der Waals surface area contributed by atoms with Gasteiger partial charge in [-0.2, -0.15) is 0 Å². The predicted molar refractivity (Wildman–Crippen MR) is 135 cm³/mol. The van der Waals surface area contributed by atoms with Crippen LogP contribution < -0.4 is 4.74 Å². The summed E-state index contributed by atoms with van der Waals surface area (Å²) >= 11 is 0. The predicted octanol–water partition coefficient (Wildman–Crippen LogP) is 8.16. The molecule has 0 bridgehead atoms. The van der Waals surface area contributed by atoms with Gasteiger partial charge in [-0.05, 0) is 60.2 Å². The normalized spacial score (nSPS) is 15.9. The highest BCUT2D eigenvalue weighted by Gasteiger charge is 2.37. The average molecular weight is 439 g/mol. The van der Waals surface area contributed by atoms with Crippen LogP contribution in [0.1, 0.15) is 64.2 Å². The maximum atomic E-state index is 6.44. The van der Waals surface area contributed by atoms with Crippen LogP contribution in [-0.4, -0.2) is 22.0 Å². The summed E-state index contributed by atoms with van der Waals surface area (Å²) in [5.74, 6) is 0.789. The third-order valence-corrected chi connectivity index (χ3v) is 11.3. The smallest absolute Gasteiger partial charge is 0.191 e. The first-order valence-electron chi connectivity index (χ1n) is 11.5. The van der Waals surface area contributed by atoms with Gasteiger partial charge in [0.2, 0.25) is 0 Å². The topological polar surface area (TPSA) is 31.6 Å². The van der Waals surface area contributed by atoms with E-state index in [0.29, 0.717) is 6.61 Å². The van der Waals surface area contributed by atoms with E-state index >= 15 is 0 Å². The molecule has 0 saturated carbocycles. The van der Waals surface area contributed by atoms with E-state index in [2.05, 4.69) is 78.1 Å². The fourth-order valence-electron chi connectivity index (χ4n) is 3.82. The minimum absolute atomic E-state index is 0.210. The van der Waals surface area contributed by atoms with Gasteiger partial charge in [-0.3, -0.25) is 0 Å². The van der Waals surface area contributed by atoms with Crippen molar-refractivity contribution in [3.63, 3.8) is 0 Å². The van der Waals surface area contributed by atoms with E-state index in [1.54, 1.807) is 7.11 Å². The Morgan fingerprint density at radius 2 is 1.90 bits per heavy atom. The van der Waals surface area contributed by atoms with Crippen LogP contribution in [-0.2, 0) is 10.8 Å². The molecule has 0 N–H and O–H groups in total. The second kappa shape index (κ2) is 9.21. The first kappa shape index (κ1) is 23.6. The number of methoxy groups -OCH3 is 1. The molecule has 1 aromatic carbocycles. The van der Waals surface area contributed by atoms with Crippen LogP contribution in [0.5, 0.6) is 5.75 Å². The number of ether oxygens (including phenoxy) is 1. The van der Waals surface area contributed by atoms with E-state index < -0.39 is 8.32 Å². The summed E-state index contributed by atoms with van der Waals surface area (Å²) in [4.78, 5) is 0. The molecule has 2 aromatic rings. The van der Waals surface area contributed by atoms with Crippen LogP contribution in [0.3, 0.4) is 0 Å². The summed E-state index contributed by atoms with van der Waals surface area (Å²) in [5, 5.41) is 1.37. The lowest BCUT2D eigenvalue weighted by Gasteiger charge is -2.36. The van der Waals surface area contributed by atoms with Crippen LogP contribution in [0.15, 0.2) is 40.5 Å². The van der Waals surface area contributed by atoms with Crippen molar-refractivity contribution in [1.82, 2.24) is 0 Å². The minimum atomic E-state index is -1.77. The zero-order valence-electron chi connectivity index (χ0n) is 20.5. The third kappa shape index (κ3) is 4.75. The molecule has 1 aliphatic rings. The standard InChI is InChI=1S/C27H38O3Si/c1-9-11-19(10-2)16-20-12-13-22-23(20)17-24(28-6)26-25(22)21(18-29-26)14-15-30-31(7,8)27(3,4)5/h11-13,16-18H,9-10,14-15H2,1-8H3/b19-11+,20-16-. The maximum absolute atomic E-state index is 6.44. The van der Waals surface area contributed by atoms with Gasteiger partial charge in [0, 0.05) is 17.6 Å². The molecule has 0 fully saturated rings. The van der Waals surface area contributed by atoms with Gasteiger partial charge in [-0.15, -0.1) is 0 Å². The van der Waals surface area contributed by atoms with Crippen molar-refractivity contribution < 1.29 is 13.6 Å². The van der Waals surface area contributed by atoms with Gasteiger partial charge in [-0.1, -0.05) is 64.5 Å². The van der Waals surface area contributed by atoms with E-state index in [9.17, 15) is 0 Å². The summed E-state index contributed by atoms with van der Waals surface area (Å²) in [5.41, 5.74) is 7.06. The highest BCUT2D eigenvalue weighted by atomic mass is 28.4. The SMILES string of the molecule is CC/C=C(/C=C1/C=Cc2c1cc(OC)c1occ(CCO[Si](C)(C)C(C)(C)C)c21)CC. The molecule has 4 heteroatoms. The van der Waals surface area contributed by atoms with Crippen LogP contribution in [0.2, 0.25) is 18.1 Å². The molecule has 0 saturated heterocycles. The second-order valence-electron chi connectivity index (χ2n) is 9.84. The first-order valence-corrected chi connectivity index (χ1v) is 14.4. The van der Waals surface area contributed by atoms with Crippen LogP contribution >= 0.6 is 0 Å². The molecule has 3 nitrogen and oxygen atoms in total. The van der Waals surface area contributed by atoms with E-state index in [0.717, 1.165) is 36.0 Å². The molecule has 31 heavy (non-hydrogen) atoms. The molecule has 0 aliphatic heterocycles. The van der Waals surface area contributed by atoms with Gasteiger partial charge in [-0.25, -0.2) is 0 Å². The van der Waals surface area contributed by atoms with Gasteiger partial charge in [0.25, 0.3) is 0 Å². The third-order valence-electron chi connectivity index (χ3n) is 6.74. The quantitative estimate of drug-likeness (QED) is 0.390. The van der Waals surface area contributed by atoms with Crippen molar-refractivity contribution in [2.24, 2.45) is 0 Å². The van der Waals surface area contributed by atoms with Crippen LogP contribution in [0, 0.1) is 0 Å². The van der Waals surface area contributed by atoms with E-state index in [4.69, 9.17) is 13.6 Å². The van der Waals surface area contributed by atoms with Crippen molar-refractivity contribution in [1.29, 1.82) is 0 Å². The molecule has 0 atom stereocenters. The van der Waals surface area contributed by atoms with E-state index in [1.807, 2.05) is 6.26 Å². The van der Waals surface area contributed by atoms with Crippen molar-refractivity contribution in [3.05, 3.63) is 52.8 Å². The maximum Gasteiger partial charge on any atom is 0.191 e. The zero-order chi connectivity index (χ0) is 22.8. The Bertz CT molecular complexity index is 1030. The number of furan rings is 1. The Labute approximate surface area is 188 Å². The molecule has 168 valence electrons. The van der Waals surface area contributed by atoms with Gasteiger partial charge in [0.15, 0.2) is 19.6 Å². The monoisotopic (exact) mass is 438 g/mol. The largest absolute Gasteiger partial charge is 0.493 e. The lowest BCUT2D eigenvalue weighted by atomic mass is 9.97. The molecular formula is C27H38O3Si. The number of hydrogen-bond donors (Lipinski definition) is 0. The Balaban J connectivity index is 1.98. The molecule has 0 amide bonds. The summed E-state index contributed by atoms with van der Waals surface area (Å²) in [6, 6.07) is 2.11. The molecule has 0 radical (unpaired) electrons. The number of rotatable bonds is 8. The van der Waals surface area contributed by atoms with Crippen molar-refractivity contribution in [2.45, 2.75) is 72.0 Å². The highest BCUT2D eigenvalue weighted by molar-refractivity contribution is 6.74. The highest BCUT2D eigenvalue weighted by Crippen LogP contribution is 2.43. The Kier molecular flexibility index (Phi) is 7.02. The molecule has 1 aromatic heterocycles. The Morgan fingerprint density at radius 1 is 1.16 bits per heavy atom. The van der Waals surface area contributed by atoms with Gasteiger partial charge in [0.1, 0.15) is 0 Å². The van der Waals surface area contributed by atoms with Crippen LogP contribution in [0.25, 0.3) is 22.6 Å². The van der Waals surface area contributed by atoms with Gasteiger partial charge < -0.3 is 13.6 Å². The first-order chi connectivity index (χ1) is 14.6. The molecule has 3 rings (SSSR count). The van der Waals surface area contributed by atoms with E-state index in [1.165, 1.54) is 27.8 Å². The molecule has 1 aliphatic carbocycles. The van der Waals surface area contributed by atoms with Gasteiger partial charge >= 0.3 is 0 Å². The summed E-state index contributed by atoms with van der Waals surface area (Å²) in [6.45, 7) is 16.5. The summed E-state index contributed by atoms with van der Waals surface area (Å²) in [7, 11) is -0.0579. The lowest BCUT2D eigenvalue weighted by Crippen LogP contribution is -2.41. The molecule has 0 spiro atoms. The fraction of sp³-hybridized carbons (Fsp3) is 0.481. The van der Waals surface area contributed by atoms with Crippen molar-refractivity contribution in [3.8, 4) is 5.75 Å². The molecule has 0 unspecified atom stereocenters. The fourth-order valence-corrected chi connectivity index (χ4v) is 4.86. The van der Waals surface area contributed by atoms with Gasteiger partial charge in [0.05, 0.1) is 13.4 Å². The van der Waals surface area contributed by atoms with Crippen molar-refractivity contribution >= 4 is 30.9 Å². The summed E-state index contributed by atoms with van der Waals surface area (Å²) in [6.07, 6.45) is 13.8. The Hall–Kier alpha value is -2.04. The van der Waals surface area contributed by atoms with Crippen LogP contribution in [0.4, 0.5) is 0 Å². The number of allylic oxidation sites excluding steroid dienone is 5. The molecular weight excluding hydrogens is 400 g/mol. The van der Waals surface area contributed by atoms with E-state index in [-0.39, 0.29) is 5.04 Å². The zero-order valence-corrected chi connectivity index (χ0v) is 21.5. The average Bonchev–Trinajstić information content (AvgIpc) is 3.30. The second-order valence-corrected chi connectivity index (χ2v) is 14.6. The number of benzene rings is 1. The number of hydrogen-bond acceptors (Lipinski definition) is 3.